The lowest BCUT2D eigenvalue weighted by atomic mass is 10.1. The van der Waals surface area contributed by atoms with Crippen LogP contribution in [0.4, 0.5) is 13.2 Å². The van der Waals surface area contributed by atoms with E-state index in [0.717, 1.165) is 6.20 Å². The minimum absolute atomic E-state index is 0.0959. The summed E-state index contributed by atoms with van der Waals surface area (Å²) < 4.78 is 45.8. The Bertz CT molecular complexity index is 1040. The van der Waals surface area contributed by atoms with Crippen LogP contribution in [0.1, 0.15) is 23.0 Å². The minimum Gasteiger partial charge on any atom is -0.507 e. The molecule has 0 aliphatic carbocycles. The molecule has 0 aliphatic rings. The van der Waals surface area contributed by atoms with Gasteiger partial charge in [0.15, 0.2) is 5.69 Å². The van der Waals surface area contributed by atoms with Crippen molar-refractivity contribution in [3.8, 4) is 23.0 Å². The van der Waals surface area contributed by atoms with Crippen LogP contribution >= 0.6 is 11.6 Å². The zero-order valence-electron chi connectivity index (χ0n) is 14.2. The molecule has 0 radical (unpaired) electrons. The van der Waals surface area contributed by atoms with Gasteiger partial charge in [-0.3, -0.25) is 0 Å². The van der Waals surface area contributed by atoms with E-state index in [1.54, 1.807) is 0 Å². The molecule has 0 unspecified atom stereocenters. The van der Waals surface area contributed by atoms with Crippen molar-refractivity contribution >= 4 is 17.6 Å². The van der Waals surface area contributed by atoms with Crippen LogP contribution in [0.3, 0.4) is 0 Å². The molecule has 0 atom stereocenters. The predicted octanol–water partition coefficient (Wildman–Crippen LogP) is 3.88. The van der Waals surface area contributed by atoms with E-state index in [1.807, 2.05) is 0 Å². The van der Waals surface area contributed by atoms with Gasteiger partial charge in [0, 0.05) is 16.8 Å². The number of benzene rings is 1. The van der Waals surface area contributed by atoms with Crippen molar-refractivity contribution in [2.45, 2.75) is 13.1 Å². The average molecular weight is 413 g/mol. The Morgan fingerprint density at radius 1 is 1.32 bits per heavy atom. The second-order valence-electron chi connectivity index (χ2n) is 5.44. The molecule has 7 nitrogen and oxygen atoms in total. The monoisotopic (exact) mass is 412 g/mol. The van der Waals surface area contributed by atoms with E-state index in [0.29, 0.717) is 9.70 Å². The first-order valence-electron chi connectivity index (χ1n) is 7.87. The fourth-order valence-electron chi connectivity index (χ4n) is 2.44. The van der Waals surface area contributed by atoms with Crippen LogP contribution in [0.15, 0.2) is 36.7 Å². The Hall–Kier alpha value is -3.14. The van der Waals surface area contributed by atoms with Gasteiger partial charge in [-0.1, -0.05) is 11.6 Å². The molecule has 2 heterocycles. The smallest absolute Gasteiger partial charge is 0.434 e. The second-order valence-corrected chi connectivity index (χ2v) is 5.88. The first-order valence-corrected chi connectivity index (χ1v) is 8.24. The standard InChI is InChI=1S/C17H12ClF3N4O3/c1-2-28-15(27)11-8-23-25(14(11)17(19,20)21)16-22-6-5-12(24-16)10-7-9(18)3-4-13(10)26/h3-8,26H,2H2,1H3. The molecule has 3 rings (SSSR count). The lowest BCUT2D eigenvalue weighted by Crippen LogP contribution is -2.19. The van der Waals surface area contributed by atoms with Gasteiger partial charge in [-0.2, -0.15) is 23.0 Å². The molecule has 11 heteroatoms. The van der Waals surface area contributed by atoms with Gasteiger partial charge in [-0.25, -0.2) is 14.8 Å². The van der Waals surface area contributed by atoms with E-state index in [9.17, 15) is 23.1 Å². The highest BCUT2D eigenvalue weighted by Crippen LogP contribution is 2.34. The van der Waals surface area contributed by atoms with Crippen molar-refractivity contribution in [1.82, 2.24) is 19.7 Å². The fraction of sp³-hybridized carbons (Fsp3) is 0.176. The van der Waals surface area contributed by atoms with Crippen LogP contribution in [-0.2, 0) is 10.9 Å². The molecule has 1 aromatic carbocycles. The highest BCUT2D eigenvalue weighted by molar-refractivity contribution is 6.30. The summed E-state index contributed by atoms with van der Waals surface area (Å²) in [6.45, 7) is 1.38. The third kappa shape index (κ3) is 3.77. The number of hydrogen-bond acceptors (Lipinski definition) is 6. The third-order valence-electron chi connectivity index (χ3n) is 3.60. The predicted molar refractivity (Wildman–Crippen MR) is 92.2 cm³/mol. The number of alkyl halides is 3. The average Bonchev–Trinajstić information content (AvgIpc) is 3.10. The van der Waals surface area contributed by atoms with Crippen LogP contribution in [0.25, 0.3) is 17.2 Å². The van der Waals surface area contributed by atoms with E-state index >= 15 is 0 Å². The Labute approximate surface area is 161 Å². The summed E-state index contributed by atoms with van der Waals surface area (Å²) in [7, 11) is 0. The van der Waals surface area contributed by atoms with Gasteiger partial charge in [0.1, 0.15) is 11.3 Å². The van der Waals surface area contributed by atoms with Crippen LogP contribution < -0.4 is 0 Å². The van der Waals surface area contributed by atoms with Crippen molar-refractivity contribution in [1.29, 1.82) is 0 Å². The maximum absolute atomic E-state index is 13.6. The molecule has 0 spiro atoms. The fourth-order valence-corrected chi connectivity index (χ4v) is 2.62. The second kappa shape index (κ2) is 7.47. The Balaban J connectivity index is 2.15. The number of carbonyl (C=O) groups excluding carboxylic acids is 1. The number of hydrogen-bond donors (Lipinski definition) is 1. The largest absolute Gasteiger partial charge is 0.507 e. The van der Waals surface area contributed by atoms with E-state index in [-0.39, 0.29) is 23.6 Å². The van der Waals surface area contributed by atoms with Crippen molar-refractivity contribution in [3.63, 3.8) is 0 Å². The van der Waals surface area contributed by atoms with Gasteiger partial charge < -0.3 is 9.84 Å². The van der Waals surface area contributed by atoms with Gasteiger partial charge in [0.25, 0.3) is 5.95 Å². The maximum atomic E-state index is 13.6. The molecule has 3 aromatic rings. The van der Waals surface area contributed by atoms with E-state index < -0.39 is 29.4 Å². The highest BCUT2D eigenvalue weighted by atomic mass is 35.5. The van der Waals surface area contributed by atoms with E-state index in [2.05, 4.69) is 19.8 Å². The molecule has 0 saturated heterocycles. The number of rotatable bonds is 4. The van der Waals surface area contributed by atoms with Gasteiger partial charge in [-0.05, 0) is 31.2 Å². The summed E-state index contributed by atoms with van der Waals surface area (Å²) >= 11 is 5.90. The summed E-state index contributed by atoms with van der Waals surface area (Å²) in [4.78, 5) is 19.7. The molecular weight excluding hydrogens is 401 g/mol. The molecule has 0 bridgehead atoms. The third-order valence-corrected chi connectivity index (χ3v) is 3.84. The summed E-state index contributed by atoms with van der Waals surface area (Å²) in [5.74, 6) is -1.78. The zero-order chi connectivity index (χ0) is 20.5. The zero-order valence-corrected chi connectivity index (χ0v) is 15.0. The van der Waals surface area contributed by atoms with Crippen LogP contribution in [-0.4, -0.2) is 37.4 Å². The number of carbonyl (C=O) groups is 1. The topological polar surface area (TPSA) is 90.1 Å². The molecule has 1 N–H and O–H groups in total. The van der Waals surface area contributed by atoms with Crippen molar-refractivity contribution in [2.24, 2.45) is 0 Å². The normalized spacial score (nSPS) is 11.5. The van der Waals surface area contributed by atoms with E-state index in [1.165, 1.54) is 37.4 Å². The highest BCUT2D eigenvalue weighted by Gasteiger charge is 2.41. The summed E-state index contributed by atoms with van der Waals surface area (Å²) in [6.07, 6.45) is -2.98. The summed E-state index contributed by atoms with van der Waals surface area (Å²) in [5, 5.41) is 13.9. The van der Waals surface area contributed by atoms with Gasteiger partial charge in [-0.15, -0.1) is 0 Å². The Morgan fingerprint density at radius 3 is 2.75 bits per heavy atom. The molecule has 0 fully saturated rings. The van der Waals surface area contributed by atoms with Gasteiger partial charge in [0.2, 0.25) is 0 Å². The number of nitrogens with zero attached hydrogens (tertiary/aromatic N) is 4. The number of aromatic nitrogens is 4. The maximum Gasteiger partial charge on any atom is 0.434 e. The number of halogens is 4. The molecule has 0 saturated carbocycles. The minimum atomic E-state index is -4.92. The van der Waals surface area contributed by atoms with Gasteiger partial charge in [0.05, 0.1) is 18.5 Å². The lowest BCUT2D eigenvalue weighted by Gasteiger charge is -2.12. The number of phenolic OH excluding ortho intramolecular Hbond substituents is 1. The number of esters is 1. The van der Waals surface area contributed by atoms with E-state index in [4.69, 9.17) is 11.6 Å². The summed E-state index contributed by atoms with van der Waals surface area (Å²) in [5.41, 5.74) is -1.80. The molecule has 0 aliphatic heterocycles. The number of phenols is 1. The van der Waals surface area contributed by atoms with Crippen LogP contribution in [0, 0.1) is 0 Å². The lowest BCUT2D eigenvalue weighted by molar-refractivity contribution is -0.143. The first kappa shape index (κ1) is 19.6. The Morgan fingerprint density at radius 2 is 2.07 bits per heavy atom. The van der Waals surface area contributed by atoms with Crippen molar-refractivity contribution in [2.75, 3.05) is 6.61 Å². The van der Waals surface area contributed by atoms with Gasteiger partial charge >= 0.3 is 12.1 Å². The first-order chi connectivity index (χ1) is 13.2. The quantitative estimate of drug-likeness (QED) is 0.654. The molecule has 2 aromatic heterocycles. The summed E-state index contributed by atoms with van der Waals surface area (Å²) in [6, 6.07) is 5.56. The molecule has 146 valence electrons. The Kier molecular flexibility index (Phi) is 5.23. The molecule has 0 amide bonds. The van der Waals surface area contributed by atoms with Crippen LogP contribution in [0.2, 0.25) is 5.02 Å². The van der Waals surface area contributed by atoms with Crippen molar-refractivity contribution < 1.29 is 27.8 Å². The van der Waals surface area contributed by atoms with Crippen LogP contribution in [0.5, 0.6) is 5.75 Å². The number of aromatic hydroxyl groups is 1. The number of ether oxygens (including phenoxy) is 1. The SMILES string of the molecule is CCOC(=O)c1cnn(-c2nccc(-c3cc(Cl)ccc3O)n2)c1C(F)(F)F. The van der Waals surface area contributed by atoms with Crippen molar-refractivity contribution in [3.05, 3.63) is 52.9 Å². The molecule has 28 heavy (non-hydrogen) atoms. The molecular formula is C17H12ClF3N4O3.